The fourth-order valence-electron chi connectivity index (χ4n) is 2.12. The first-order chi connectivity index (χ1) is 8.93. The standard InChI is InChI=1S/C16H13BrO2/c1-16(2,11-7-9-12(17)10-8-11)14-6-4-3-5-13(14)15(18)19/h3-10H,1H2,2H3/p+1. The Balaban J connectivity index is 2.56. The van der Waals surface area contributed by atoms with E-state index in [0.717, 1.165) is 10.0 Å². The molecule has 0 bridgehead atoms. The predicted octanol–water partition coefficient (Wildman–Crippen LogP) is 4.29. The van der Waals surface area contributed by atoms with Gasteiger partial charge in [-0.15, -0.1) is 0 Å². The molecule has 0 aromatic heterocycles. The van der Waals surface area contributed by atoms with Crippen molar-refractivity contribution in [1.29, 1.82) is 0 Å². The van der Waals surface area contributed by atoms with Gasteiger partial charge in [0.1, 0.15) is 0 Å². The van der Waals surface area contributed by atoms with Crippen molar-refractivity contribution >= 4 is 21.9 Å². The Hall–Kier alpha value is -1.74. The molecule has 0 heterocycles. The molecule has 0 saturated heterocycles. The maximum Gasteiger partial charge on any atom is 0.336 e. The molecule has 0 aliphatic carbocycles. The third kappa shape index (κ3) is 2.66. The molecule has 1 unspecified atom stereocenters. The average Bonchev–Trinajstić information content (AvgIpc) is 2.39. The van der Waals surface area contributed by atoms with Gasteiger partial charge < -0.3 is 5.11 Å². The zero-order valence-electron chi connectivity index (χ0n) is 10.6. The maximum atomic E-state index is 11.3. The summed E-state index contributed by atoms with van der Waals surface area (Å²) < 4.78 is 0.985. The van der Waals surface area contributed by atoms with Gasteiger partial charge in [-0.1, -0.05) is 46.3 Å². The molecule has 0 saturated carbocycles. The van der Waals surface area contributed by atoms with Gasteiger partial charge in [-0.25, -0.2) is 4.79 Å². The van der Waals surface area contributed by atoms with Crippen LogP contribution in [0.3, 0.4) is 0 Å². The van der Waals surface area contributed by atoms with Crippen LogP contribution in [0.2, 0.25) is 0 Å². The number of hydrogen-bond donors (Lipinski definition) is 1. The quantitative estimate of drug-likeness (QED) is 0.857. The second kappa shape index (κ2) is 5.10. The number of carbonyl (C=O) groups is 1. The maximum absolute atomic E-state index is 11.3. The van der Waals surface area contributed by atoms with E-state index in [1.807, 2.05) is 43.3 Å². The SMILES string of the molecule is [CH2+]C(C)(c1ccc(Br)cc1)c1ccccc1C(=O)O. The molecule has 0 fully saturated rings. The van der Waals surface area contributed by atoms with Crippen molar-refractivity contribution in [3.05, 3.63) is 76.6 Å². The fourth-order valence-corrected chi connectivity index (χ4v) is 2.39. The molecule has 0 amide bonds. The normalized spacial score (nSPS) is 13.8. The van der Waals surface area contributed by atoms with E-state index in [-0.39, 0.29) is 0 Å². The first kappa shape index (κ1) is 13.7. The van der Waals surface area contributed by atoms with E-state index >= 15 is 0 Å². The highest BCUT2D eigenvalue weighted by atomic mass is 79.9. The van der Waals surface area contributed by atoms with Gasteiger partial charge in [-0.2, -0.15) is 0 Å². The topological polar surface area (TPSA) is 37.3 Å². The van der Waals surface area contributed by atoms with Crippen LogP contribution in [0.4, 0.5) is 0 Å². The number of halogens is 1. The van der Waals surface area contributed by atoms with Crippen molar-refractivity contribution in [2.75, 3.05) is 0 Å². The van der Waals surface area contributed by atoms with Crippen LogP contribution in [-0.4, -0.2) is 11.1 Å². The number of rotatable bonds is 3. The lowest BCUT2D eigenvalue weighted by molar-refractivity contribution is 0.0695. The summed E-state index contributed by atoms with van der Waals surface area (Å²) in [5.41, 5.74) is 1.38. The van der Waals surface area contributed by atoms with Crippen LogP contribution in [0.15, 0.2) is 53.0 Å². The van der Waals surface area contributed by atoms with Gasteiger partial charge >= 0.3 is 5.97 Å². The summed E-state index contributed by atoms with van der Waals surface area (Å²) in [6.07, 6.45) is 0. The van der Waals surface area contributed by atoms with Crippen molar-refractivity contribution in [2.45, 2.75) is 12.3 Å². The molecule has 96 valence electrons. The van der Waals surface area contributed by atoms with Gasteiger partial charge in [-0.3, -0.25) is 0 Å². The lowest BCUT2D eigenvalue weighted by atomic mass is 9.76. The molecule has 1 N–H and O–H groups in total. The van der Waals surface area contributed by atoms with E-state index in [4.69, 9.17) is 0 Å². The molecule has 2 aromatic rings. The van der Waals surface area contributed by atoms with Crippen LogP contribution in [0.25, 0.3) is 0 Å². The number of carboxylic acid groups (broad SMARTS) is 1. The Labute approximate surface area is 121 Å². The fraction of sp³-hybridized carbons (Fsp3) is 0.125. The molecule has 0 aliphatic rings. The Bertz CT molecular complexity index is 600. The summed E-state index contributed by atoms with van der Waals surface area (Å²) in [5, 5.41) is 9.28. The molecular weight excluding hydrogens is 304 g/mol. The third-order valence-corrected chi connectivity index (χ3v) is 3.76. The minimum absolute atomic E-state index is 0.294. The van der Waals surface area contributed by atoms with Gasteiger partial charge in [0.15, 0.2) is 5.41 Å². The summed E-state index contributed by atoms with van der Waals surface area (Å²) in [6, 6.07) is 14.8. The molecule has 3 heteroatoms. The molecule has 1 atom stereocenters. The third-order valence-electron chi connectivity index (χ3n) is 3.23. The molecular formula is C16H14BrO2+. The largest absolute Gasteiger partial charge is 0.478 e. The molecule has 2 nitrogen and oxygen atoms in total. The molecule has 0 spiro atoms. The van der Waals surface area contributed by atoms with Gasteiger partial charge in [0, 0.05) is 15.6 Å². The van der Waals surface area contributed by atoms with Crippen LogP contribution in [0.5, 0.6) is 0 Å². The van der Waals surface area contributed by atoms with E-state index in [1.165, 1.54) is 0 Å². The van der Waals surface area contributed by atoms with E-state index in [0.29, 0.717) is 11.1 Å². The minimum atomic E-state index is -0.928. The summed E-state index contributed by atoms with van der Waals surface area (Å²) >= 11 is 3.39. The van der Waals surface area contributed by atoms with E-state index in [1.54, 1.807) is 12.1 Å². The second-order valence-corrected chi connectivity index (χ2v) is 5.61. The van der Waals surface area contributed by atoms with Crippen molar-refractivity contribution in [2.24, 2.45) is 0 Å². The first-order valence-corrected chi connectivity index (χ1v) is 6.66. The van der Waals surface area contributed by atoms with Crippen LogP contribution in [0, 0.1) is 6.92 Å². The van der Waals surface area contributed by atoms with E-state index in [2.05, 4.69) is 22.9 Å². The molecule has 2 rings (SSSR count). The van der Waals surface area contributed by atoms with Gasteiger partial charge in [0.25, 0.3) is 0 Å². The Morgan fingerprint density at radius 1 is 1.16 bits per heavy atom. The average molecular weight is 318 g/mol. The highest BCUT2D eigenvalue weighted by Gasteiger charge is 2.34. The van der Waals surface area contributed by atoms with Crippen molar-refractivity contribution in [3.63, 3.8) is 0 Å². The zero-order chi connectivity index (χ0) is 14.0. The summed E-state index contributed by atoms with van der Waals surface area (Å²) in [6.45, 7) is 6.13. The molecule has 2 aromatic carbocycles. The van der Waals surface area contributed by atoms with Crippen LogP contribution in [-0.2, 0) is 5.41 Å². The van der Waals surface area contributed by atoms with Crippen molar-refractivity contribution in [3.8, 4) is 0 Å². The van der Waals surface area contributed by atoms with Crippen LogP contribution in [0.1, 0.15) is 28.4 Å². The van der Waals surface area contributed by atoms with Gasteiger partial charge in [-0.05, 0) is 25.1 Å². The first-order valence-electron chi connectivity index (χ1n) is 5.87. The number of hydrogen-bond acceptors (Lipinski definition) is 1. The van der Waals surface area contributed by atoms with Crippen LogP contribution < -0.4 is 0 Å². The van der Waals surface area contributed by atoms with Gasteiger partial charge in [0.2, 0.25) is 0 Å². The molecule has 19 heavy (non-hydrogen) atoms. The lowest BCUT2D eigenvalue weighted by Gasteiger charge is -2.21. The zero-order valence-corrected chi connectivity index (χ0v) is 12.1. The second-order valence-electron chi connectivity index (χ2n) is 4.69. The number of aromatic carboxylic acids is 1. The highest BCUT2D eigenvalue weighted by Crippen LogP contribution is 2.33. The van der Waals surface area contributed by atoms with Crippen molar-refractivity contribution in [1.82, 2.24) is 0 Å². The summed E-state index contributed by atoms with van der Waals surface area (Å²) in [5.74, 6) is -0.928. The molecule has 0 radical (unpaired) electrons. The summed E-state index contributed by atoms with van der Waals surface area (Å²) in [4.78, 5) is 11.3. The van der Waals surface area contributed by atoms with E-state index in [9.17, 15) is 9.90 Å². The lowest BCUT2D eigenvalue weighted by Crippen LogP contribution is -2.22. The predicted molar refractivity (Wildman–Crippen MR) is 79.4 cm³/mol. The smallest absolute Gasteiger partial charge is 0.336 e. The number of benzene rings is 2. The van der Waals surface area contributed by atoms with Crippen molar-refractivity contribution < 1.29 is 9.90 Å². The Kier molecular flexibility index (Phi) is 3.67. The molecule has 0 aliphatic heterocycles. The van der Waals surface area contributed by atoms with Gasteiger partial charge in [0.05, 0.1) is 12.5 Å². The van der Waals surface area contributed by atoms with E-state index < -0.39 is 11.4 Å². The van der Waals surface area contributed by atoms with Crippen LogP contribution >= 0.6 is 15.9 Å². The Morgan fingerprint density at radius 2 is 1.74 bits per heavy atom. The number of carboxylic acids is 1. The minimum Gasteiger partial charge on any atom is -0.478 e. The monoisotopic (exact) mass is 317 g/mol. The Morgan fingerprint density at radius 3 is 2.32 bits per heavy atom. The summed E-state index contributed by atoms with van der Waals surface area (Å²) in [7, 11) is 0. The highest BCUT2D eigenvalue weighted by molar-refractivity contribution is 9.10.